The number of guanidine groups is 1. The second-order valence-corrected chi connectivity index (χ2v) is 6.87. The zero-order valence-electron chi connectivity index (χ0n) is 15.7. The molecule has 0 aliphatic heterocycles. The molecule has 0 unspecified atom stereocenters. The largest absolute Gasteiger partial charge is 0.466 e. The lowest BCUT2D eigenvalue weighted by molar-refractivity contribution is 0.105. The molecule has 1 aromatic rings. The predicted molar refractivity (Wildman–Crippen MR) is 98.4 cm³/mol. The molecule has 1 aliphatic carbocycles. The van der Waals surface area contributed by atoms with Crippen LogP contribution < -0.4 is 10.6 Å². The number of aryl methyl sites for hydroxylation is 2. The van der Waals surface area contributed by atoms with Crippen molar-refractivity contribution in [2.75, 3.05) is 26.8 Å². The Balaban J connectivity index is 1.84. The number of aliphatic imine (C=N–C) groups is 1. The topological polar surface area (TPSA) is 58.8 Å². The van der Waals surface area contributed by atoms with Crippen LogP contribution in [0.4, 0.5) is 0 Å². The van der Waals surface area contributed by atoms with Gasteiger partial charge in [-0.2, -0.15) is 0 Å². The summed E-state index contributed by atoms with van der Waals surface area (Å²) in [5, 5.41) is 6.92. The number of ether oxygens (including phenoxy) is 1. The van der Waals surface area contributed by atoms with Crippen LogP contribution in [0, 0.1) is 19.3 Å². The molecular formula is C19H33N3O2. The Hall–Kier alpha value is -1.49. The van der Waals surface area contributed by atoms with E-state index < -0.39 is 0 Å². The van der Waals surface area contributed by atoms with Gasteiger partial charge in [0.05, 0.1) is 0 Å². The summed E-state index contributed by atoms with van der Waals surface area (Å²) in [6, 6.07) is 2.08. The molecule has 1 saturated carbocycles. The lowest BCUT2D eigenvalue weighted by atomic mass is 9.83. The third-order valence-corrected chi connectivity index (χ3v) is 5.09. The summed E-state index contributed by atoms with van der Waals surface area (Å²) in [4.78, 5) is 4.36. The summed E-state index contributed by atoms with van der Waals surface area (Å²) >= 11 is 0. The fourth-order valence-corrected chi connectivity index (χ4v) is 3.60. The van der Waals surface area contributed by atoms with Crippen LogP contribution in [0.1, 0.15) is 56.1 Å². The van der Waals surface area contributed by atoms with Gasteiger partial charge in [-0.05, 0) is 51.5 Å². The van der Waals surface area contributed by atoms with E-state index in [1.54, 1.807) is 0 Å². The van der Waals surface area contributed by atoms with E-state index in [9.17, 15) is 0 Å². The molecule has 1 aliphatic rings. The average Bonchev–Trinajstić information content (AvgIpc) is 3.15. The molecule has 0 spiro atoms. The maximum Gasteiger partial charge on any atom is 0.191 e. The minimum absolute atomic E-state index is 0.356. The minimum atomic E-state index is 0.356. The van der Waals surface area contributed by atoms with Crippen LogP contribution >= 0.6 is 0 Å². The zero-order chi connectivity index (χ0) is 17.4. The monoisotopic (exact) mass is 335 g/mol. The van der Waals surface area contributed by atoms with E-state index in [4.69, 9.17) is 9.15 Å². The second kappa shape index (κ2) is 9.11. The Morgan fingerprint density at radius 3 is 2.62 bits per heavy atom. The number of nitrogens with one attached hydrogen (secondary N) is 2. The Labute approximate surface area is 146 Å². The molecule has 0 bridgehead atoms. The first-order valence-corrected chi connectivity index (χ1v) is 9.17. The van der Waals surface area contributed by atoms with Gasteiger partial charge in [0.2, 0.25) is 0 Å². The molecule has 2 N–H and O–H groups in total. The number of rotatable bonds is 8. The first kappa shape index (κ1) is 18.8. The molecule has 0 atom stereocenters. The predicted octanol–water partition coefficient (Wildman–Crippen LogP) is 3.55. The van der Waals surface area contributed by atoms with Crippen molar-refractivity contribution >= 4 is 5.96 Å². The first-order chi connectivity index (χ1) is 11.6. The molecule has 0 saturated heterocycles. The van der Waals surface area contributed by atoms with Crippen molar-refractivity contribution in [3.8, 4) is 0 Å². The molecule has 24 heavy (non-hydrogen) atoms. The van der Waals surface area contributed by atoms with Gasteiger partial charge in [0, 0.05) is 38.9 Å². The van der Waals surface area contributed by atoms with Gasteiger partial charge in [0.25, 0.3) is 0 Å². The van der Waals surface area contributed by atoms with Crippen LogP contribution in [0.5, 0.6) is 0 Å². The first-order valence-electron chi connectivity index (χ1n) is 9.17. The third-order valence-electron chi connectivity index (χ3n) is 5.09. The maximum absolute atomic E-state index is 5.59. The summed E-state index contributed by atoms with van der Waals surface area (Å²) in [7, 11) is 1.82. The van der Waals surface area contributed by atoms with E-state index in [0.717, 1.165) is 50.2 Å². The third kappa shape index (κ3) is 5.26. The molecule has 5 heteroatoms. The average molecular weight is 335 g/mol. The van der Waals surface area contributed by atoms with Crippen LogP contribution in [0.15, 0.2) is 15.5 Å². The van der Waals surface area contributed by atoms with Gasteiger partial charge in [-0.1, -0.05) is 12.8 Å². The van der Waals surface area contributed by atoms with E-state index in [2.05, 4.69) is 28.6 Å². The van der Waals surface area contributed by atoms with Gasteiger partial charge in [0.15, 0.2) is 5.96 Å². The van der Waals surface area contributed by atoms with Crippen molar-refractivity contribution in [1.29, 1.82) is 0 Å². The van der Waals surface area contributed by atoms with Gasteiger partial charge in [-0.25, -0.2) is 0 Å². The maximum atomic E-state index is 5.59. The van der Waals surface area contributed by atoms with E-state index >= 15 is 0 Å². The Morgan fingerprint density at radius 1 is 1.29 bits per heavy atom. The molecule has 0 radical (unpaired) electrons. The highest BCUT2D eigenvalue weighted by atomic mass is 16.5. The number of nitrogens with zero attached hydrogens (tertiary/aromatic N) is 1. The van der Waals surface area contributed by atoms with Crippen molar-refractivity contribution in [3.63, 3.8) is 0 Å². The quantitative estimate of drug-likeness (QED) is 0.433. The van der Waals surface area contributed by atoms with Crippen LogP contribution in [0.25, 0.3) is 0 Å². The van der Waals surface area contributed by atoms with Crippen LogP contribution in [-0.4, -0.2) is 32.8 Å². The number of hydrogen-bond acceptors (Lipinski definition) is 3. The zero-order valence-corrected chi connectivity index (χ0v) is 15.7. The smallest absolute Gasteiger partial charge is 0.191 e. The summed E-state index contributed by atoms with van der Waals surface area (Å²) in [6.45, 7) is 9.39. The lowest BCUT2D eigenvalue weighted by Gasteiger charge is -2.30. The molecule has 0 aromatic carbocycles. The molecule has 5 nitrogen and oxygen atoms in total. The summed E-state index contributed by atoms with van der Waals surface area (Å²) < 4.78 is 11.2. The molecule has 1 aromatic heterocycles. The van der Waals surface area contributed by atoms with Crippen molar-refractivity contribution in [2.24, 2.45) is 10.4 Å². The van der Waals surface area contributed by atoms with E-state index in [1.807, 2.05) is 20.9 Å². The number of hydrogen-bond donors (Lipinski definition) is 2. The number of furan rings is 1. The van der Waals surface area contributed by atoms with Crippen LogP contribution in [-0.2, 0) is 11.3 Å². The van der Waals surface area contributed by atoms with Crippen molar-refractivity contribution < 1.29 is 9.15 Å². The molecule has 0 amide bonds. The van der Waals surface area contributed by atoms with Crippen molar-refractivity contribution in [1.82, 2.24) is 10.6 Å². The summed E-state index contributed by atoms with van der Waals surface area (Å²) in [5.74, 6) is 2.78. The van der Waals surface area contributed by atoms with Crippen LogP contribution in [0.2, 0.25) is 0 Å². The molecule has 1 heterocycles. The highest BCUT2D eigenvalue weighted by Gasteiger charge is 2.33. The Kier molecular flexibility index (Phi) is 7.16. The highest BCUT2D eigenvalue weighted by Crippen LogP contribution is 2.40. The molecule has 1 fully saturated rings. The fraction of sp³-hybridized carbons (Fsp3) is 0.737. The summed E-state index contributed by atoms with van der Waals surface area (Å²) in [5.41, 5.74) is 1.54. The van der Waals surface area contributed by atoms with Crippen molar-refractivity contribution in [3.05, 3.63) is 23.2 Å². The molecule has 136 valence electrons. The molecular weight excluding hydrogens is 302 g/mol. The van der Waals surface area contributed by atoms with Gasteiger partial charge in [-0.15, -0.1) is 0 Å². The molecule has 2 rings (SSSR count). The van der Waals surface area contributed by atoms with E-state index in [0.29, 0.717) is 5.41 Å². The minimum Gasteiger partial charge on any atom is -0.466 e. The standard InChI is InChI=1S/C19H33N3O2/c1-5-23-11-10-19(8-6-7-9-19)14-22-18(20-4)21-13-17-12-15(2)24-16(17)3/h12H,5-11,13-14H2,1-4H3,(H2,20,21,22). The van der Waals surface area contributed by atoms with Gasteiger partial charge in [-0.3, -0.25) is 4.99 Å². The van der Waals surface area contributed by atoms with Crippen molar-refractivity contribution in [2.45, 2.75) is 59.4 Å². The van der Waals surface area contributed by atoms with Gasteiger partial charge in [0.1, 0.15) is 11.5 Å². The Bertz CT molecular complexity index is 531. The SMILES string of the molecule is CCOCCC1(CNC(=NC)NCc2cc(C)oc2C)CCCC1. The van der Waals surface area contributed by atoms with Gasteiger partial charge >= 0.3 is 0 Å². The van der Waals surface area contributed by atoms with Gasteiger partial charge < -0.3 is 19.8 Å². The van der Waals surface area contributed by atoms with E-state index in [1.165, 1.54) is 31.2 Å². The lowest BCUT2D eigenvalue weighted by Crippen LogP contribution is -2.43. The Morgan fingerprint density at radius 2 is 2.04 bits per heavy atom. The normalized spacial score (nSPS) is 17.2. The highest BCUT2D eigenvalue weighted by molar-refractivity contribution is 5.79. The van der Waals surface area contributed by atoms with Crippen LogP contribution in [0.3, 0.4) is 0 Å². The second-order valence-electron chi connectivity index (χ2n) is 6.87. The fourth-order valence-electron chi connectivity index (χ4n) is 3.60. The summed E-state index contributed by atoms with van der Waals surface area (Å²) in [6.07, 6.45) is 6.35. The van der Waals surface area contributed by atoms with E-state index in [-0.39, 0.29) is 0 Å².